The molecular weight excluding hydrogens is 274 g/mol. The van der Waals surface area contributed by atoms with Crippen LogP contribution < -0.4 is 0 Å². The van der Waals surface area contributed by atoms with Gasteiger partial charge in [0, 0.05) is 13.1 Å². The zero-order valence-electron chi connectivity index (χ0n) is 12.2. The summed E-state index contributed by atoms with van der Waals surface area (Å²) in [6.45, 7) is 4.98. The van der Waals surface area contributed by atoms with Crippen LogP contribution in [0.15, 0.2) is 23.1 Å². The molecule has 0 spiro atoms. The zero-order valence-corrected chi connectivity index (χ0v) is 13.0. The van der Waals surface area contributed by atoms with Crippen molar-refractivity contribution in [3.05, 3.63) is 29.3 Å². The van der Waals surface area contributed by atoms with Crippen LogP contribution in [0, 0.1) is 12.8 Å². The van der Waals surface area contributed by atoms with Crippen molar-refractivity contribution in [2.24, 2.45) is 5.92 Å². The number of hydrogen-bond donors (Lipinski definition) is 1. The molecular formula is C15H23NO3S. The minimum atomic E-state index is -3.45. The average molecular weight is 297 g/mol. The molecule has 2 rings (SSSR count). The Morgan fingerprint density at radius 1 is 1.40 bits per heavy atom. The first-order valence-corrected chi connectivity index (χ1v) is 8.63. The average Bonchev–Trinajstić information content (AvgIpc) is 2.47. The van der Waals surface area contributed by atoms with Gasteiger partial charge in [-0.15, -0.1) is 0 Å². The predicted molar refractivity (Wildman–Crippen MR) is 78.9 cm³/mol. The van der Waals surface area contributed by atoms with Crippen molar-refractivity contribution in [1.29, 1.82) is 0 Å². The third-order valence-corrected chi connectivity index (χ3v) is 6.12. The van der Waals surface area contributed by atoms with Crippen LogP contribution in [-0.2, 0) is 16.6 Å². The van der Waals surface area contributed by atoms with E-state index in [1.807, 2.05) is 0 Å². The van der Waals surface area contributed by atoms with Crippen LogP contribution in [0.1, 0.15) is 37.3 Å². The fourth-order valence-corrected chi connectivity index (χ4v) is 4.57. The van der Waals surface area contributed by atoms with Crippen LogP contribution in [-0.4, -0.2) is 30.9 Å². The van der Waals surface area contributed by atoms with Gasteiger partial charge in [-0.25, -0.2) is 8.42 Å². The second-order valence-corrected chi connectivity index (χ2v) is 7.44. The number of aliphatic hydroxyl groups is 1. The topological polar surface area (TPSA) is 57.6 Å². The third kappa shape index (κ3) is 3.05. The highest BCUT2D eigenvalue weighted by Crippen LogP contribution is 2.27. The van der Waals surface area contributed by atoms with E-state index in [0.717, 1.165) is 24.8 Å². The number of rotatable bonds is 4. The molecule has 0 bridgehead atoms. The maximum Gasteiger partial charge on any atom is 0.243 e. The van der Waals surface area contributed by atoms with Gasteiger partial charge in [-0.2, -0.15) is 4.31 Å². The Kier molecular flexibility index (Phi) is 4.83. The summed E-state index contributed by atoms with van der Waals surface area (Å²) in [7, 11) is -3.45. The number of nitrogens with zero attached hydrogens (tertiary/aromatic N) is 1. The molecule has 5 heteroatoms. The largest absolute Gasteiger partial charge is 0.392 e. The Balaban J connectivity index is 2.34. The zero-order chi connectivity index (χ0) is 14.8. The van der Waals surface area contributed by atoms with Crippen LogP contribution in [0.5, 0.6) is 0 Å². The Labute approximate surface area is 121 Å². The summed E-state index contributed by atoms with van der Waals surface area (Å²) in [5.41, 5.74) is 1.37. The Morgan fingerprint density at radius 3 is 2.80 bits per heavy atom. The molecule has 1 aliphatic rings. The molecule has 1 atom stereocenters. The molecule has 20 heavy (non-hydrogen) atoms. The molecule has 1 fully saturated rings. The maximum atomic E-state index is 12.8. The number of aliphatic hydroxyl groups excluding tert-OH is 1. The van der Waals surface area contributed by atoms with Crippen molar-refractivity contribution in [3.63, 3.8) is 0 Å². The van der Waals surface area contributed by atoms with E-state index in [-0.39, 0.29) is 6.61 Å². The van der Waals surface area contributed by atoms with E-state index in [2.05, 4.69) is 6.92 Å². The summed E-state index contributed by atoms with van der Waals surface area (Å²) < 4.78 is 27.2. The van der Waals surface area contributed by atoms with Crippen molar-refractivity contribution in [1.82, 2.24) is 4.31 Å². The molecule has 1 heterocycles. The maximum absolute atomic E-state index is 12.8. The van der Waals surface area contributed by atoms with Crippen molar-refractivity contribution in [3.8, 4) is 0 Å². The van der Waals surface area contributed by atoms with Gasteiger partial charge < -0.3 is 5.11 Å². The molecule has 0 aliphatic carbocycles. The monoisotopic (exact) mass is 297 g/mol. The van der Waals surface area contributed by atoms with E-state index in [4.69, 9.17) is 0 Å². The molecule has 0 amide bonds. The van der Waals surface area contributed by atoms with Crippen LogP contribution in [0.2, 0.25) is 0 Å². The van der Waals surface area contributed by atoms with Crippen LogP contribution in [0.25, 0.3) is 0 Å². The first-order chi connectivity index (χ1) is 9.48. The van der Waals surface area contributed by atoms with Crippen LogP contribution in [0.4, 0.5) is 0 Å². The van der Waals surface area contributed by atoms with Gasteiger partial charge in [0.1, 0.15) is 0 Å². The number of sulfonamides is 1. The summed E-state index contributed by atoms with van der Waals surface area (Å²) in [6.07, 6.45) is 3.05. The van der Waals surface area contributed by atoms with E-state index in [9.17, 15) is 13.5 Å². The molecule has 0 radical (unpaired) electrons. The van der Waals surface area contributed by atoms with Gasteiger partial charge >= 0.3 is 0 Å². The van der Waals surface area contributed by atoms with Crippen LogP contribution >= 0.6 is 0 Å². The lowest BCUT2D eigenvalue weighted by molar-refractivity contribution is 0.261. The minimum Gasteiger partial charge on any atom is -0.392 e. The van der Waals surface area contributed by atoms with Gasteiger partial charge in [0.05, 0.1) is 11.5 Å². The van der Waals surface area contributed by atoms with Gasteiger partial charge in [0.15, 0.2) is 0 Å². The molecule has 1 N–H and O–H groups in total. The van der Waals surface area contributed by atoms with Gasteiger partial charge in [0.2, 0.25) is 10.0 Å². The highest BCUT2D eigenvalue weighted by atomic mass is 32.2. The van der Waals surface area contributed by atoms with E-state index < -0.39 is 10.0 Å². The first kappa shape index (κ1) is 15.5. The van der Waals surface area contributed by atoms with Gasteiger partial charge in [0.25, 0.3) is 0 Å². The fraction of sp³-hybridized carbons (Fsp3) is 0.600. The van der Waals surface area contributed by atoms with Crippen molar-refractivity contribution in [2.45, 2.75) is 44.6 Å². The second-order valence-electron chi connectivity index (χ2n) is 5.54. The summed E-state index contributed by atoms with van der Waals surface area (Å²) in [6, 6.07) is 5.12. The normalized spacial score (nSPS) is 21.1. The first-order valence-electron chi connectivity index (χ1n) is 7.19. The van der Waals surface area contributed by atoms with E-state index in [1.54, 1.807) is 29.4 Å². The van der Waals surface area contributed by atoms with E-state index >= 15 is 0 Å². The SMILES string of the molecule is CCC1CCCN(S(=O)(=O)c2cc(CO)ccc2C)C1. The summed E-state index contributed by atoms with van der Waals surface area (Å²) in [4.78, 5) is 0.334. The van der Waals surface area contributed by atoms with E-state index in [0.29, 0.717) is 29.5 Å². The molecule has 1 aliphatic heterocycles. The minimum absolute atomic E-state index is 0.139. The number of benzene rings is 1. The third-order valence-electron chi connectivity index (χ3n) is 4.11. The molecule has 112 valence electrons. The molecule has 1 unspecified atom stereocenters. The van der Waals surface area contributed by atoms with Crippen molar-refractivity contribution < 1.29 is 13.5 Å². The Morgan fingerprint density at radius 2 is 2.15 bits per heavy atom. The molecule has 4 nitrogen and oxygen atoms in total. The Bertz CT molecular complexity index is 568. The lowest BCUT2D eigenvalue weighted by Gasteiger charge is -2.31. The summed E-state index contributed by atoms with van der Waals surface area (Å²) in [5.74, 6) is 0.458. The van der Waals surface area contributed by atoms with Crippen LogP contribution in [0.3, 0.4) is 0 Å². The molecule has 1 saturated heterocycles. The molecule has 1 aromatic carbocycles. The second kappa shape index (κ2) is 6.24. The van der Waals surface area contributed by atoms with E-state index in [1.165, 1.54) is 0 Å². The van der Waals surface area contributed by atoms with Gasteiger partial charge in [-0.1, -0.05) is 25.5 Å². The summed E-state index contributed by atoms with van der Waals surface area (Å²) in [5, 5.41) is 9.20. The number of aryl methyl sites for hydroxylation is 1. The summed E-state index contributed by atoms with van der Waals surface area (Å²) >= 11 is 0. The highest BCUT2D eigenvalue weighted by molar-refractivity contribution is 7.89. The predicted octanol–water partition coefficient (Wildman–Crippen LogP) is 2.30. The fourth-order valence-electron chi connectivity index (χ4n) is 2.74. The molecule has 0 aromatic heterocycles. The number of piperidine rings is 1. The smallest absolute Gasteiger partial charge is 0.243 e. The molecule has 0 saturated carbocycles. The lowest BCUT2D eigenvalue weighted by Crippen LogP contribution is -2.40. The molecule has 1 aromatic rings. The lowest BCUT2D eigenvalue weighted by atomic mass is 9.97. The highest BCUT2D eigenvalue weighted by Gasteiger charge is 2.30. The van der Waals surface area contributed by atoms with Crippen molar-refractivity contribution in [2.75, 3.05) is 13.1 Å². The van der Waals surface area contributed by atoms with Gasteiger partial charge in [-0.05, 0) is 42.9 Å². The Hall–Kier alpha value is -0.910. The number of hydrogen-bond acceptors (Lipinski definition) is 3. The quantitative estimate of drug-likeness (QED) is 0.927. The van der Waals surface area contributed by atoms with Crippen molar-refractivity contribution >= 4 is 10.0 Å². The standard InChI is InChI=1S/C15H23NO3S/c1-3-13-5-4-8-16(10-13)20(18,19)15-9-14(11-17)7-6-12(15)2/h6-7,9,13,17H,3-5,8,10-11H2,1-2H3. The van der Waals surface area contributed by atoms with Gasteiger partial charge in [-0.3, -0.25) is 0 Å².